The molecule has 0 bridgehead atoms. The molecule has 0 aliphatic heterocycles. The molecule has 3 rings (SSSR count). The highest BCUT2D eigenvalue weighted by atomic mass is 79.9. The van der Waals surface area contributed by atoms with E-state index in [2.05, 4.69) is 41.4 Å². The summed E-state index contributed by atoms with van der Waals surface area (Å²) in [6, 6.07) is 6.02. The number of anilines is 2. The van der Waals surface area contributed by atoms with Crippen LogP contribution in [0.5, 0.6) is 0 Å². The summed E-state index contributed by atoms with van der Waals surface area (Å²) in [7, 11) is 0. The zero-order chi connectivity index (χ0) is 13.4. The Morgan fingerprint density at radius 3 is 2.89 bits per heavy atom. The Morgan fingerprint density at radius 2 is 2.11 bits per heavy atom. The fraction of sp³-hybridized carbons (Fsp3) is 0.0833. The fourth-order valence-electron chi connectivity index (χ4n) is 1.85. The van der Waals surface area contributed by atoms with Gasteiger partial charge in [-0.15, -0.1) is 0 Å². The van der Waals surface area contributed by atoms with Gasteiger partial charge in [0.25, 0.3) is 0 Å². The average Bonchev–Trinajstić information content (AvgIpc) is 2.75. The molecule has 2 aromatic heterocycles. The van der Waals surface area contributed by atoms with E-state index < -0.39 is 0 Å². The monoisotopic (exact) mass is 337 g/mol. The largest absolute Gasteiger partial charge is 0.339 e. The molecule has 0 amide bonds. The second kappa shape index (κ2) is 4.79. The first-order valence-corrected chi connectivity index (χ1v) is 6.70. The van der Waals surface area contributed by atoms with Crippen LogP contribution in [0.25, 0.3) is 11.0 Å². The van der Waals surface area contributed by atoms with Gasteiger partial charge in [-0.05, 0) is 42.3 Å². The minimum absolute atomic E-state index is 0.172. The molecule has 0 atom stereocenters. The van der Waals surface area contributed by atoms with E-state index in [0.717, 1.165) is 21.1 Å². The molecule has 7 heteroatoms. The van der Waals surface area contributed by atoms with Crippen molar-refractivity contribution in [3.05, 3.63) is 39.7 Å². The molecular weight excluding hydrogens is 330 g/mol. The lowest BCUT2D eigenvalue weighted by Crippen LogP contribution is -1.96. The Kier molecular flexibility index (Phi) is 3.12. The van der Waals surface area contributed by atoms with Crippen molar-refractivity contribution in [1.82, 2.24) is 20.2 Å². The molecule has 0 unspecified atom stereocenters. The first kappa shape index (κ1) is 12.4. The summed E-state index contributed by atoms with van der Waals surface area (Å²) in [5, 5.41) is 10.9. The van der Waals surface area contributed by atoms with Crippen LogP contribution in [0.4, 0.5) is 11.5 Å². The van der Waals surface area contributed by atoms with E-state index in [1.165, 1.54) is 0 Å². The lowest BCUT2D eigenvalue weighted by molar-refractivity contribution is 1.09. The van der Waals surface area contributed by atoms with Crippen molar-refractivity contribution in [3.8, 4) is 0 Å². The molecule has 2 heterocycles. The third kappa shape index (κ3) is 2.54. The Hall–Kier alpha value is -1.66. The molecule has 0 radical (unpaired) electrons. The van der Waals surface area contributed by atoms with Crippen LogP contribution in [-0.2, 0) is 0 Å². The number of aryl methyl sites for hydroxylation is 1. The number of fused-ring (bicyclic) bond motifs is 1. The van der Waals surface area contributed by atoms with Crippen LogP contribution in [0.15, 0.2) is 28.9 Å². The second-order valence-corrected chi connectivity index (χ2v) is 5.37. The highest BCUT2D eigenvalue weighted by Crippen LogP contribution is 2.26. The number of hydrogen-bond donors (Lipinski definition) is 2. The van der Waals surface area contributed by atoms with E-state index >= 15 is 0 Å². The van der Waals surface area contributed by atoms with Crippen molar-refractivity contribution < 1.29 is 0 Å². The number of nitrogens with zero attached hydrogens (tertiary/aromatic N) is 3. The summed E-state index contributed by atoms with van der Waals surface area (Å²) < 4.78 is 0.999. The van der Waals surface area contributed by atoms with Gasteiger partial charge in [0.15, 0.2) is 5.65 Å². The van der Waals surface area contributed by atoms with E-state index in [0.29, 0.717) is 11.5 Å². The Labute approximate surface area is 122 Å². The third-order valence-corrected chi connectivity index (χ3v) is 3.21. The molecular formula is C12H9BrClN5. The maximum absolute atomic E-state index is 5.89. The number of H-pyrrole nitrogens is 1. The molecule has 1 aromatic carbocycles. The highest BCUT2D eigenvalue weighted by Gasteiger charge is 2.09. The maximum atomic E-state index is 5.89. The zero-order valence-electron chi connectivity index (χ0n) is 9.91. The van der Waals surface area contributed by atoms with Crippen molar-refractivity contribution in [1.29, 1.82) is 0 Å². The Morgan fingerprint density at radius 1 is 1.26 bits per heavy atom. The maximum Gasteiger partial charge on any atom is 0.226 e. The summed E-state index contributed by atoms with van der Waals surface area (Å²) in [5.41, 5.74) is 2.67. The number of hydrogen-bond acceptors (Lipinski definition) is 4. The molecule has 96 valence electrons. The molecule has 0 saturated heterocycles. The predicted octanol–water partition coefficient (Wildman–Crippen LogP) is 3.82. The molecule has 0 aliphatic carbocycles. The first-order valence-electron chi connectivity index (χ1n) is 5.52. The molecule has 0 saturated carbocycles. The van der Waals surface area contributed by atoms with Crippen LogP contribution < -0.4 is 5.32 Å². The number of aromatic amines is 1. The van der Waals surface area contributed by atoms with Crippen LogP contribution in [-0.4, -0.2) is 20.2 Å². The number of rotatable bonds is 2. The third-order valence-electron chi connectivity index (χ3n) is 2.59. The van der Waals surface area contributed by atoms with E-state index in [4.69, 9.17) is 11.6 Å². The summed E-state index contributed by atoms with van der Waals surface area (Å²) in [4.78, 5) is 8.26. The minimum Gasteiger partial charge on any atom is -0.339 e. The SMILES string of the molecule is Cc1cc(Br)cc(Nc2nc(Cl)nc3[nH]ncc23)c1. The van der Waals surface area contributed by atoms with Crippen molar-refractivity contribution in [2.24, 2.45) is 0 Å². The van der Waals surface area contributed by atoms with Crippen molar-refractivity contribution in [3.63, 3.8) is 0 Å². The van der Waals surface area contributed by atoms with Gasteiger partial charge in [-0.1, -0.05) is 15.9 Å². The van der Waals surface area contributed by atoms with Gasteiger partial charge >= 0.3 is 0 Å². The van der Waals surface area contributed by atoms with Gasteiger partial charge in [-0.25, -0.2) is 0 Å². The second-order valence-electron chi connectivity index (χ2n) is 4.12. The summed E-state index contributed by atoms with van der Waals surface area (Å²) in [6.45, 7) is 2.02. The molecule has 0 spiro atoms. The molecule has 0 fully saturated rings. The lowest BCUT2D eigenvalue weighted by atomic mass is 10.2. The predicted molar refractivity (Wildman–Crippen MR) is 78.9 cm³/mol. The fourth-order valence-corrected chi connectivity index (χ4v) is 2.62. The van der Waals surface area contributed by atoms with Crippen LogP contribution in [0, 0.1) is 6.92 Å². The molecule has 19 heavy (non-hydrogen) atoms. The number of benzene rings is 1. The van der Waals surface area contributed by atoms with Crippen LogP contribution in [0.2, 0.25) is 5.28 Å². The topological polar surface area (TPSA) is 66.5 Å². The van der Waals surface area contributed by atoms with E-state index in [-0.39, 0.29) is 5.28 Å². The average molecular weight is 339 g/mol. The van der Waals surface area contributed by atoms with E-state index in [9.17, 15) is 0 Å². The van der Waals surface area contributed by atoms with Gasteiger partial charge in [-0.3, -0.25) is 5.10 Å². The van der Waals surface area contributed by atoms with E-state index in [1.54, 1.807) is 6.20 Å². The minimum atomic E-state index is 0.172. The Bertz CT molecular complexity index is 735. The number of aromatic nitrogens is 4. The normalized spacial score (nSPS) is 10.9. The molecule has 5 nitrogen and oxygen atoms in total. The van der Waals surface area contributed by atoms with Gasteiger partial charge in [-0.2, -0.15) is 15.1 Å². The lowest BCUT2D eigenvalue weighted by Gasteiger charge is -2.08. The number of nitrogens with one attached hydrogen (secondary N) is 2. The summed E-state index contributed by atoms with van der Waals surface area (Å²) in [6.07, 6.45) is 1.67. The Balaban J connectivity index is 2.07. The molecule has 3 aromatic rings. The summed E-state index contributed by atoms with van der Waals surface area (Å²) >= 11 is 9.36. The molecule has 2 N–H and O–H groups in total. The van der Waals surface area contributed by atoms with Gasteiger partial charge in [0.1, 0.15) is 5.82 Å². The van der Waals surface area contributed by atoms with Gasteiger partial charge in [0, 0.05) is 10.2 Å². The zero-order valence-corrected chi connectivity index (χ0v) is 12.2. The van der Waals surface area contributed by atoms with Crippen molar-refractivity contribution >= 4 is 50.1 Å². The standard InChI is InChI=1S/C12H9BrClN5/c1-6-2-7(13)4-8(3-6)16-10-9-5-15-19-11(9)18-12(14)17-10/h2-5H,1H3,(H2,15,16,17,18,19). The quantitative estimate of drug-likeness (QED) is 0.697. The highest BCUT2D eigenvalue weighted by molar-refractivity contribution is 9.10. The van der Waals surface area contributed by atoms with Crippen LogP contribution >= 0.6 is 27.5 Å². The first-order chi connectivity index (χ1) is 9.11. The van der Waals surface area contributed by atoms with Gasteiger partial charge < -0.3 is 5.32 Å². The smallest absolute Gasteiger partial charge is 0.226 e. The van der Waals surface area contributed by atoms with E-state index in [1.807, 2.05) is 25.1 Å². The van der Waals surface area contributed by atoms with Crippen LogP contribution in [0.1, 0.15) is 5.56 Å². The van der Waals surface area contributed by atoms with Gasteiger partial charge in [0.2, 0.25) is 5.28 Å². The van der Waals surface area contributed by atoms with Gasteiger partial charge in [0.05, 0.1) is 11.6 Å². The van der Waals surface area contributed by atoms with Crippen molar-refractivity contribution in [2.45, 2.75) is 6.92 Å². The van der Waals surface area contributed by atoms with Crippen LogP contribution in [0.3, 0.4) is 0 Å². The summed E-state index contributed by atoms with van der Waals surface area (Å²) in [5.74, 6) is 0.626. The number of halogens is 2. The van der Waals surface area contributed by atoms with Crippen molar-refractivity contribution in [2.75, 3.05) is 5.32 Å². The molecule has 0 aliphatic rings.